The number of halogens is 1. The lowest BCUT2D eigenvalue weighted by Gasteiger charge is -2.30. The van der Waals surface area contributed by atoms with Gasteiger partial charge in [0.05, 0.1) is 13.2 Å². The molecule has 0 spiro atoms. The molecule has 3 aromatic rings. The average Bonchev–Trinajstić information content (AvgIpc) is 2.95. The lowest BCUT2D eigenvalue weighted by atomic mass is 9.96. The molecule has 8 heteroatoms. The third-order valence-corrected chi connectivity index (χ3v) is 7.28. The van der Waals surface area contributed by atoms with Crippen molar-refractivity contribution >= 4 is 24.2 Å². The van der Waals surface area contributed by atoms with Crippen LogP contribution in [0.4, 0.5) is 0 Å². The Morgan fingerprint density at radius 3 is 2.34 bits per heavy atom. The fraction of sp³-hybridized carbons (Fsp3) is 0.333. The van der Waals surface area contributed by atoms with Gasteiger partial charge >= 0.3 is 0 Å². The molecule has 2 amide bonds. The molecule has 0 unspecified atom stereocenters. The molecule has 2 aliphatic rings. The number of benzene rings is 3. The fourth-order valence-electron chi connectivity index (χ4n) is 5.17. The molecule has 0 aromatic heterocycles. The molecule has 0 saturated carbocycles. The molecule has 1 atom stereocenters. The maximum Gasteiger partial charge on any atom is 0.254 e. The number of β-amino-alcohol motifs (C(OH)–C–C–N with tert-alkyl or cyclic N) is 1. The van der Waals surface area contributed by atoms with Crippen LogP contribution in [0.1, 0.15) is 43.0 Å². The van der Waals surface area contributed by atoms with E-state index in [0.717, 1.165) is 36.4 Å². The number of amides is 2. The number of hydrogen-bond acceptors (Lipinski definition) is 5. The number of aliphatic hydroxyl groups excluding tert-OH is 1. The van der Waals surface area contributed by atoms with Crippen molar-refractivity contribution in [2.45, 2.75) is 32.0 Å². The van der Waals surface area contributed by atoms with Gasteiger partial charge < -0.3 is 20.1 Å². The second-order valence-electron chi connectivity index (χ2n) is 9.81. The predicted octanol–water partition coefficient (Wildman–Crippen LogP) is 3.46. The number of methoxy groups -OCH3 is 1. The van der Waals surface area contributed by atoms with Crippen LogP contribution in [0.2, 0.25) is 0 Å². The van der Waals surface area contributed by atoms with Crippen LogP contribution in [0, 0.1) is 0 Å². The average molecular weight is 536 g/mol. The molecular weight excluding hydrogens is 502 g/mol. The number of rotatable bonds is 7. The summed E-state index contributed by atoms with van der Waals surface area (Å²) in [7, 11) is 1.60. The summed E-state index contributed by atoms with van der Waals surface area (Å²) >= 11 is 0. The Labute approximate surface area is 229 Å². The minimum atomic E-state index is -0.635. The molecule has 2 N–H and O–H groups in total. The van der Waals surface area contributed by atoms with Crippen LogP contribution in [0.25, 0.3) is 0 Å². The van der Waals surface area contributed by atoms with Gasteiger partial charge in [0, 0.05) is 50.4 Å². The zero-order valence-electron chi connectivity index (χ0n) is 21.6. The summed E-state index contributed by atoms with van der Waals surface area (Å²) in [4.78, 5) is 29.8. The highest BCUT2D eigenvalue weighted by molar-refractivity contribution is 5.95. The van der Waals surface area contributed by atoms with Crippen molar-refractivity contribution in [2.75, 3.05) is 33.3 Å². The van der Waals surface area contributed by atoms with Gasteiger partial charge in [-0.05, 0) is 71.5 Å². The van der Waals surface area contributed by atoms with Crippen molar-refractivity contribution in [1.29, 1.82) is 0 Å². The summed E-state index contributed by atoms with van der Waals surface area (Å²) in [5, 5.41) is 13.4. The Kier molecular flexibility index (Phi) is 9.05. The number of ether oxygens (including phenoxy) is 1. The van der Waals surface area contributed by atoms with Gasteiger partial charge in [0.25, 0.3) is 11.8 Å². The number of fused-ring (bicyclic) bond motifs is 2. The van der Waals surface area contributed by atoms with Crippen LogP contribution in [-0.2, 0) is 25.9 Å². The van der Waals surface area contributed by atoms with E-state index in [1.165, 1.54) is 11.1 Å². The van der Waals surface area contributed by atoms with E-state index in [9.17, 15) is 14.7 Å². The van der Waals surface area contributed by atoms with Crippen molar-refractivity contribution in [3.05, 3.63) is 100 Å². The summed E-state index contributed by atoms with van der Waals surface area (Å²) in [5.41, 5.74) is 6.03. The van der Waals surface area contributed by atoms with E-state index in [0.29, 0.717) is 37.2 Å². The van der Waals surface area contributed by atoms with Crippen LogP contribution < -0.4 is 10.1 Å². The Hall–Kier alpha value is -3.39. The molecule has 38 heavy (non-hydrogen) atoms. The lowest BCUT2D eigenvalue weighted by molar-refractivity contribution is 0.0734. The summed E-state index contributed by atoms with van der Waals surface area (Å²) in [6.45, 7) is 3.57. The first-order valence-electron chi connectivity index (χ1n) is 12.8. The minimum Gasteiger partial charge on any atom is -0.497 e. The molecule has 2 aliphatic heterocycles. The van der Waals surface area contributed by atoms with E-state index in [1.807, 2.05) is 23.1 Å². The molecular formula is C30H34ClN3O4. The molecule has 0 bridgehead atoms. The standard InChI is InChI=1S/C30H33N3O4.ClH/c1-37-28-10-8-22(9-11-28)30(36)33-15-13-23-16-24(6-7-26(23)19-33)29(35)31-17-27(34)20-32-14-12-21-4-2-3-5-25(21)18-32;/h2-11,16,27,34H,12-15,17-20H2,1H3,(H,31,35);1H/t27-;/m0./s1. The van der Waals surface area contributed by atoms with Crippen molar-refractivity contribution in [2.24, 2.45) is 0 Å². The van der Waals surface area contributed by atoms with E-state index in [4.69, 9.17) is 4.74 Å². The van der Waals surface area contributed by atoms with Crippen molar-refractivity contribution in [3.8, 4) is 5.75 Å². The highest BCUT2D eigenvalue weighted by atomic mass is 35.5. The van der Waals surface area contributed by atoms with Gasteiger partial charge in [0.1, 0.15) is 5.75 Å². The van der Waals surface area contributed by atoms with Crippen molar-refractivity contribution in [1.82, 2.24) is 15.1 Å². The van der Waals surface area contributed by atoms with Crippen LogP contribution >= 0.6 is 12.4 Å². The number of nitrogens with one attached hydrogen (secondary N) is 1. The SMILES string of the molecule is COc1ccc(C(=O)N2CCc3cc(C(=O)NC[C@H](O)CN4CCc5ccccc5C4)ccc3C2)cc1.Cl. The number of hydrogen-bond donors (Lipinski definition) is 2. The first-order chi connectivity index (χ1) is 18.0. The van der Waals surface area contributed by atoms with Crippen LogP contribution in [0.3, 0.4) is 0 Å². The summed E-state index contributed by atoms with van der Waals surface area (Å²) in [5.74, 6) is 0.514. The second kappa shape index (κ2) is 12.4. The van der Waals surface area contributed by atoms with Gasteiger partial charge in [-0.3, -0.25) is 14.5 Å². The number of carbonyl (C=O) groups excluding carboxylic acids is 2. The quantitative estimate of drug-likeness (QED) is 0.484. The molecule has 2 heterocycles. The van der Waals surface area contributed by atoms with E-state index in [2.05, 4.69) is 28.4 Å². The van der Waals surface area contributed by atoms with E-state index in [-0.39, 0.29) is 30.8 Å². The van der Waals surface area contributed by atoms with Crippen LogP contribution in [0.5, 0.6) is 5.75 Å². The number of nitrogens with zero attached hydrogens (tertiary/aromatic N) is 2. The maximum absolute atomic E-state index is 12.9. The molecule has 0 radical (unpaired) electrons. The van der Waals surface area contributed by atoms with Gasteiger partial charge in [-0.2, -0.15) is 0 Å². The molecule has 7 nitrogen and oxygen atoms in total. The van der Waals surface area contributed by atoms with E-state index < -0.39 is 6.10 Å². The number of carbonyl (C=O) groups is 2. The van der Waals surface area contributed by atoms with Crippen molar-refractivity contribution in [3.63, 3.8) is 0 Å². The third kappa shape index (κ3) is 6.35. The normalized spacial score (nSPS) is 15.5. The van der Waals surface area contributed by atoms with E-state index in [1.54, 1.807) is 37.4 Å². The Balaban J connectivity index is 0.00000336. The highest BCUT2D eigenvalue weighted by Crippen LogP contribution is 2.23. The molecule has 5 rings (SSSR count). The number of aliphatic hydroxyl groups is 1. The Morgan fingerprint density at radius 2 is 1.58 bits per heavy atom. The first kappa shape index (κ1) is 27.6. The highest BCUT2D eigenvalue weighted by Gasteiger charge is 2.23. The Morgan fingerprint density at radius 1 is 0.895 bits per heavy atom. The maximum atomic E-state index is 12.9. The van der Waals surface area contributed by atoms with Gasteiger partial charge in [0.2, 0.25) is 0 Å². The van der Waals surface area contributed by atoms with Gasteiger partial charge in [0.15, 0.2) is 0 Å². The fourth-order valence-corrected chi connectivity index (χ4v) is 5.17. The molecule has 3 aromatic carbocycles. The summed E-state index contributed by atoms with van der Waals surface area (Å²) < 4.78 is 5.17. The van der Waals surface area contributed by atoms with Crippen LogP contribution in [0.15, 0.2) is 66.7 Å². The van der Waals surface area contributed by atoms with Gasteiger partial charge in [-0.25, -0.2) is 0 Å². The molecule has 0 fully saturated rings. The minimum absolute atomic E-state index is 0. The lowest BCUT2D eigenvalue weighted by Crippen LogP contribution is -2.42. The molecule has 0 aliphatic carbocycles. The smallest absolute Gasteiger partial charge is 0.254 e. The third-order valence-electron chi connectivity index (χ3n) is 7.28. The molecule has 200 valence electrons. The zero-order valence-corrected chi connectivity index (χ0v) is 22.4. The van der Waals surface area contributed by atoms with Gasteiger partial charge in [-0.15, -0.1) is 12.4 Å². The summed E-state index contributed by atoms with van der Waals surface area (Å²) in [6.07, 6.45) is 1.04. The van der Waals surface area contributed by atoms with Gasteiger partial charge in [-0.1, -0.05) is 30.3 Å². The van der Waals surface area contributed by atoms with Crippen LogP contribution in [-0.4, -0.2) is 66.1 Å². The first-order valence-corrected chi connectivity index (χ1v) is 12.8. The largest absolute Gasteiger partial charge is 0.497 e. The predicted molar refractivity (Wildman–Crippen MR) is 149 cm³/mol. The topological polar surface area (TPSA) is 82.1 Å². The van der Waals surface area contributed by atoms with Crippen molar-refractivity contribution < 1.29 is 19.4 Å². The monoisotopic (exact) mass is 535 g/mol. The second-order valence-corrected chi connectivity index (χ2v) is 9.81. The van der Waals surface area contributed by atoms with E-state index >= 15 is 0 Å². The molecule has 0 saturated heterocycles. The Bertz CT molecular complexity index is 1280. The zero-order chi connectivity index (χ0) is 25.8. The summed E-state index contributed by atoms with van der Waals surface area (Å²) in [6, 6.07) is 21.2.